The van der Waals surface area contributed by atoms with Crippen LogP contribution in [0.25, 0.3) is 0 Å². The van der Waals surface area contributed by atoms with Gasteiger partial charge in [0.25, 0.3) is 0 Å². The highest BCUT2D eigenvalue weighted by Gasteiger charge is 2.30. The summed E-state index contributed by atoms with van der Waals surface area (Å²) in [4.78, 5) is 69.0. The van der Waals surface area contributed by atoms with E-state index in [1.54, 1.807) is 6.26 Å². The third-order valence-electron chi connectivity index (χ3n) is 5.14. The van der Waals surface area contributed by atoms with E-state index in [9.17, 15) is 29.1 Å². The first-order valence-electron chi connectivity index (χ1n) is 12.1. The summed E-state index contributed by atoms with van der Waals surface area (Å²) in [6, 6.07) is -4.81. The average molecular weight is 576 g/mol. The van der Waals surface area contributed by atoms with E-state index < -0.39 is 60.2 Å². The van der Waals surface area contributed by atoms with Crippen molar-refractivity contribution in [2.45, 2.75) is 62.7 Å². The maximum absolute atomic E-state index is 13.1. The number of carboxylic acids is 1. The quantitative estimate of drug-likeness (QED) is 0.0373. The molecule has 0 fully saturated rings. The van der Waals surface area contributed by atoms with Crippen LogP contribution in [0.3, 0.4) is 0 Å². The molecule has 17 nitrogen and oxygen atoms in total. The van der Waals surface area contributed by atoms with E-state index in [1.807, 2.05) is 0 Å². The summed E-state index contributed by atoms with van der Waals surface area (Å²) in [6.45, 7) is 0.312. The van der Waals surface area contributed by atoms with E-state index in [1.165, 1.54) is 11.8 Å². The zero-order valence-electron chi connectivity index (χ0n) is 21.9. The number of nitrogens with two attached hydrogens (primary N) is 6. The highest BCUT2D eigenvalue weighted by molar-refractivity contribution is 7.98. The Morgan fingerprint density at radius 2 is 1.18 bits per heavy atom. The average Bonchev–Trinajstić information content (AvgIpc) is 2.83. The van der Waals surface area contributed by atoms with Crippen molar-refractivity contribution < 1.29 is 29.1 Å². The molecule has 0 aromatic carbocycles. The minimum atomic E-state index is -1.29. The number of aliphatic carboxylic acids is 1. The lowest BCUT2D eigenvalue weighted by Crippen LogP contribution is -2.57. The summed E-state index contributed by atoms with van der Waals surface area (Å²) < 4.78 is 0. The molecule has 39 heavy (non-hydrogen) atoms. The van der Waals surface area contributed by atoms with Crippen LogP contribution in [0.4, 0.5) is 0 Å². The molecule has 0 spiro atoms. The number of thioether (sulfide) groups is 1. The number of amides is 4. The van der Waals surface area contributed by atoms with Gasteiger partial charge in [0.15, 0.2) is 11.9 Å². The number of nitrogens with zero attached hydrogens (tertiary/aromatic N) is 2. The highest BCUT2D eigenvalue weighted by atomic mass is 32.2. The lowest BCUT2D eigenvalue weighted by atomic mass is 10.1. The molecule has 0 saturated heterocycles. The van der Waals surface area contributed by atoms with Crippen molar-refractivity contribution >= 4 is 53.3 Å². The van der Waals surface area contributed by atoms with Crippen molar-refractivity contribution in [3.63, 3.8) is 0 Å². The smallest absolute Gasteiger partial charge is 0.326 e. The Hall–Kier alpha value is -3.80. The van der Waals surface area contributed by atoms with Crippen LogP contribution in [-0.2, 0) is 24.0 Å². The molecule has 18 heteroatoms. The van der Waals surface area contributed by atoms with Crippen molar-refractivity contribution in [3.8, 4) is 0 Å². The molecule has 0 aliphatic carbocycles. The monoisotopic (exact) mass is 575 g/mol. The lowest BCUT2D eigenvalue weighted by molar-refractivity contribution is -0.142. The number of rotatable bonds is 20. The van der Waals surface area contributed by atoms with Gasteiger partial charge in [0.1, 0.15) is 18.1 Å². The van der Waals surface area contributed by atoms with Crippen LogP contribution in [0.5, 0.6) is 0 Å². The van der Waals surface area contributed by atoms with Gasteiger partial charge in [0, 0.05) is 13.1 Å². The van der Waals surface area contributed by atoms with E-state index >= 15 is 0 Å². The molecule has 0 aromatic rings. The Morgan fingerprint density at radius 3 is 1.62 bits per heavy atom. The number of carboxylic acid groups (broad SMARTS) is 1. The molecule has 0 aliphatic rings. The summed E-state index contributed by atoms with van der Waals surface area (Å²) in [7, 11) is 0. The minimum Gasteiger partial charge on any atom is -0.480 e. The second kappa shape index (κ2) is 19.3. The van der Waals surface area contributed by atoms with Gasteiger partial charge < -0.3 is 55.5 Å². The second-order valence-corrected chi connectivity index (χ2v) is 9.46. The fourth-order valence-electron chi connectivity index (χ4n) is 3.17. The van der Waals surface area contributed by atoms with Crippen molar-refractivity contribution in [1.82, 2.24) is 16.0 Å². The normalized spacial score (nSPS) is 13.6. The molecule has 0 heterocycles. The molecule has 4 unspecified atom stereocenters. The van der Waals surface area contributed by atoms with Crippen LogP contribution in [0, 0.1) is 0 Å². The molecular formula is C21H41N11O6S. The summed E-state index contributed by atoms with van der Waals surface area (Å²) >= 11 is 1.42. The number of hydrogen-bond donors (Lipinski definition) is 10. The number of guanidine groups is 2. The fraction of sp³-hybridized carbons (Fsp3) is 0.667. The zero-order chi connectivity index (χ0) is 30.0. The predicted octanol–water partition coefficient (Wildman–Crippen LogP) is -4.41. The molecule has 0 saturated carbocycles. The van der Waals surface area contributed by atoms with Crippen LogP contribution >= 0.6 is 11.8 Å². The number of hydrogen-bond acceptors (Lipinski definition) is 9. The van der Waals surface area contributed by atoms with Crippen LogP contribution < -0.4 is 50.4 Å². The molecule has 0 rings (SSSR count). The third kappa shape index (κ3) is 16.6. The van der Waals surface area contributed by atoms with E-state index in [-0.39, 0.29) is 57.1 Å². The summed E-state index contributed by atoms with van der Waals surface area (Å²) in [6.07, 6.45) is 2.19. The van der Waals surface area contributed by atoms with E-state index in [4.69, 9.17) is 34.4 Å². The number of nitrogens with one attached hydrogen (secondary N) is 3. The van der Waals surface area contributed by atoms with Crippen LogP contribution in [-0.4, -0.2) is 95.9 Å². The number of carbonyl (C=O) groups is 5. The fourth-order valence-corrected chi connectivity index (χ4v) is 3.64. The Balaban J connectivity index is 5.62. The summed E-state index contributed by atoms with van der Waals surface area (Å²) in [5.74, 6) is -4.13. The summed E-state index contributed by atoms with van der Waals surface area (Å²) in [5, 5.41) is 17.0. The van der Waals surface area contributed by atoms with E-state index in [0.29, 0.717) is 5.75 Å². The topological polar surface area (TPSA) is 323 Å². The van der Waals surface area contributed by atoms with Crippen molar-refractivity contribution in [2.75, 3.05) is 25.1 Å². The standard InChI is InChI=1S/C21H41N11O6S/c1-39-9-6-13(30-16(34)11(22)10-15(23)33)18(36)31-12(4-2-7-28-20(24)25)17(35)32-14(19(37)38)5-3-8-29-21(26)27/h11-14H,2-10,22H2,1H3,(H2,23,33)(H,30,34)(H,31,36)(H,32,35)(H,37,38)(H4,24,25,28)(H4,26,27,29). The Morgan fingerprint density at radius 1 is 0.744 bits per heavy atom. The number of carbonyl (C=O) groups excluding carboxylic acids is 4. The molecule has 0 aliphatic heterocycles. The van der Waals surface area contributed by atoms with Crippen molar-refractivity contribution in [3.05, 3.63) is 0 Å². The van der Waals surface area contributed by atoms with Gasteiger partial charge >= 0.3 is 5.97 Å². The highest BCUT2D eigenvalue weighted by Crippen LogP contribution is 2.07. The van der Waals surface area contributed by atoms with Gasteiger partial charge in [-0.3, -0.25) is 29.2 Å². The molecular weight excluding hydrogens is 534 g/mol. The van der Waals surface area contributed by atoms with Gasteiger partial charge in [-0.25, -0.2) is 4.79 Å². The van der Waals surface area contributed by atoms with Crippen LogP contribution in [0.2, 0.25) is 0 Å². The van der Waals surface area contributed by atoms with E-state index in [2.05, 4.69) is 25.9 Å². The molecule has 4 amide bonds. The second-order valence-electron chi connectivity index (χ2n) is 8.48. The Bertz CT molecular complexity index is 894. The van der Waals surface area contributed by atoms with E-state index in [0.717, 1.165) is 0 Å². The van der Waals surface area contributed by atoms with Gasteiger partial charge in [-0.15, -0.1) is 0 Å². The molecule has 0 aromatic heterocycles. The molecule has 4 atom stereocenters. The van der Waals surface area contributed by atoms with Gasteiger partial charge in [-0.05, 0) is 44.1 Å². The Kier molecular flexibility index (Phi) is 17.4. The first-order chi connectivity index (χ1) is 18.3. The first-order valence-corrected chi connectivity index (χ1v) is 13.4. The van der Waals surface area contributed by atoms with Crippen LogP contribution in [0.15, 0.2) is 9.98 Å². The molecule has 16 N–H and O–H groups in total. The maximum atomic E-state index is 13.1. The minimum absolute atomic E-state index is 0.0245. The van der Waals surface area contributed by atoms with Gasteiger partial charge in [0.2, 0.25) is 23.6 Å². The summed E-state index contributed by atoms with van der Waals surface area (Å²) in [5.41, 5.74) is 31.9. The Labute approximate surface area is 230 Å². The largest absolute Gasteiger partial charge is 0.480 e. The molecule has 0 radical (unpaired) electrons. The van der Waals surface area contributed by atoms with Crippen molar-refractivity contribution in [2.24, 2.45) is 44.4 Å². The molecule has 222 valence electrons. The first kappa shape index (κ1) is 35.2. The molecule has 0 bridgehead atoms. The van der Waals surface area contributed by atoms with Gasteiger partial charge in [-0.2, -0.15) is 11.8 Å². The van der Waals surface area contributed by atoms with Gasteiger partial charge in [0.05, 0.1) is 12.5 Å². The maximum Gasteiger partial charge on any atom is 0.326 e. The SMILES string of the molecule is CSCCC(NC(=O)C(N)CC(N)=O)C(=O)NC(CCCN=C(N)N)C(=O)NC(CCCN=C(N)N)C(=O)O. The lowest BCUT2D eigenvalue weighted by Gasteiger charge is -2.25. The van der Waals surface area contributed by atoms with Crippen LogP contribution in [0.1, 0.15) is 38.5 Å². The predicted molar refractivity (Wildman–Crippen MR) is 148 cm³/mol. The zero-order valence-corrected chi connectivity index (χ0v) is 22.7. The number of primary amides is 1. The van der Waals surface area contributed by atoms with Gasteiger partial charge in [-0.1, -0.05) is 0 Å². The third-order valence-corrected chi connectivity index (χ3v) is 5.78. The number of aliphatic imine (C=N–C) groups is 2. The van der Waals surface area contributed by atoms with Crippen molar-refractivity contribution in [1.29, 1.82) is 0 Å².